The zero-order valence-corrected chi connectivity index (χ0v) is 18.3. The van der Waals surface area contributed by atoms with Gasteiger partial charge in [0.1, 0.15) is 24.6 Å². The van der Waals surface area contributed by atoms with Gasteiger partial charge in [-0.15, -0.1) is 0 Å². The second-order valence-electron chi connectivity index (χ2n) is 7.86. The molecule has 5 nitrogen and oxygen atoms in total. The fraction of sp³-hybridized carbons (Fsp3) is 0.148. The van der Waals surface area contributed by atoms with Crippen molar-refractivity contribution in [1.29, 1.82) is 0 Å². The Hall–Kier alpha value is -3.83. The number of ether oxygens (including phenoxy) is 2. The molecule has 0 heterocycles. The minimum Gasteiger partial charge on any atom is -0.395 e. The maximum Gasteiger partial charge on any atom is 0.519 e. The predicted molar refractivity (Wildman–Crippen MR) is 127 cm³/mol. The van der Waals surface area contributed by atoms with Crippen LogP contribution in [-0.4, -0.2) is 20.3 Å². The van der Waals surface area contributed by atoms with Gasteiger partial charge in [0, 0.05) is 30.9 Å². The fourth-order valence-electron chi connectivity index (χ4n) is 3.47. The molecule has 0 aromatic heterocycles. The maximum absolute atomic E-state index is 12.1. The standard InChI is InChI=1S/C27H26N2O3/c1-29(2)24-12-7-20(8-13-24)18-28-19-21-9-14-25(15-10-21)31-27(30)32-26-16-11-22-5-3-4-6-23(22)17-26/h3-17,28H,18-19H2,1-2H3/p+1. The van der Waals surface area contributed by atoms with Crippen LogP contribution in [0.15, 0.2) is 91.0 Å². The number of nitrogens with zero attached hydrogens (tertiary/aromatic N) is 1. The lowest BCUT2D eigenvalue weighted by molar-refractivity contribution is -0.686. The Morgan fingerprint density at radius 2 is 1.28 bits per heavy atom. The molecule has 5 heteroatoms. The van der Waals surface area contributed by atoms with Gasteiger partial charge in [0.25, 0.3) is 0 Å². The molecule has 4 aromatic carbocycles. The van der Waals surface area contributed by atoms with Gasteiger partial charge < -0.3 is 19.7 Å². The molecular formula is C27H27N2O3+. The van der Waals surface area contributed by atoms with Crippen LogP contribution >= 0.6 is 0 Å². The van der Waals surface area contributed by atoms with E-state index in [4.69, 9.17) is 9.47 Å². The summed E-state index contributed by atoms with van der Waals surface area (Å²) in [5.41, 5.74) is 3.64. The van der Waals surface area contributed by atoms with Crippen molar-refractivity contribution >= 4 is 22.6 Å². The van der Waals surface area contributed by atoms with Gasteiger partial charge in [-0.25, -0.2) is 4.79 Å². The highest BCUT2D eigenvalue weighted by molar-refractivity contribution is 5.84. The number of carbonyl (C=O) groups excluding carboxylic acids is 1. The van der Waals surface area contributed by atoms with Gasteiger partial charge in [-0.1, -0.05) is 42.5 Å². The number of nitrogens with two attached hydrogens (primary N) is 1. The second kappa shape index (κ2) is 9.98. The third-order valence-electron chi connectivity index (χ3n) is 5.26. The molecule has 162 valence electrons. The van der Waals surface area contributed by atoms with Gasteiger partial charge >= 0.3 is 6.16 Å². The van der Waals surface area contributed by atoms with Crippen molar-refractivity contribution in [1.82, 2.24) is 0 Å². The predicted octanol–water partition coefficient (Wildman–Crippen LogP) is 4.75. The summed E-state index contributed by atoms with van der Waals surface area (Å²) in [6, 6.07) is 29.5. The van der Waals surface area contributed by atoms with Crippen LogP contribution in [0.25, 0.3) is 10.8 Å². The average molecular weight is 428 g/mol. The minimum absolute atomic E-state index is 0.457. The van der Waals surface area contributed by atoms with Crippen molar-refractivity contribution in [3.8, 4) is 11.5 Å². The third kappa shape index (κ3) is 5.65. The number of carbonyl (C=O) groups is 1. The number of benzene rings is 4. The Morgan fingerprint density at radius 3 is 1.94 bits per heavy atom. The molecule has 0 aliphatic heterocycles. The summed E-state index contributed by atoms with van der Waals surface area (Å²) >= 11 is 0. The minimum atomic E-state index is -0.749. The lowest BCUT2D eigenvalue weighted by atomic mass is 10.1. The molecule has 0 radical (unpaired) electrons. The lowest BCUT2D eigenvalue weighted by Crippen LogP contribution is -2.80. The highest BCUT2D eigenvalue weighted by Crippen LogP contribution is 2.21. The average Bonchev–Trinajstić information content (AvgIpc) is 2.80. The largest absolute Gasteiger partial charge is 0.519 e. The Labute approximate surface area is 188 Å². The van der Waals surface area contributed by atoms with Crippen LogP contribution < -0.4 is 19.7 Å². The smallest absolute Gasteiger partial charge is 0.395 e. The topological polar surface area (TPSA) is 55.4 Å². The lowest BCUT2D eigenvalue weighted by Gasteiger charge is -2.12. The van der Waals surface area contributed by atoms with Crippen molar-refractivity contribution in [2.75, 3.05) is 19.0 Å². The summed E-state index contributed by atoms with van der Waals surface area (Å²) in [5, 5.41) is 4.34. The molecule has 0 aliphatic rings. The van der Waals surface area contributed by atoms with Crippen LogP contribution in [0.4, 0.5) is 10.5 Å². The molecule has 4 aromatic rings. The van der Waals surface area contributed by atoms with E-state index >= 15 is 0 Å². The van der Waals surface area contributed by atoms with E-state index in [1.165, 1.54) is 11.3 Å². The Bertz CT molecular complexity index is 1190. The summed E-state index contributed by atoms with van der Waals surface area (Å²) in [4.78, 5) is 14.2. The quantitative estimate of drug-likeness (QED) is 0.342. The highest BCUT2D eigenvalue weighted by Gasteiger charge is 2.09. The van der Waals surface area contributed by atoms with E-state index in [1.54, 1.807) is 18.2 Å². The van der Waals surface area contributed by atoms with E-state index in [0.29, 0.717) is 11.5 Å². The maximum atomic E-state index is 12.1. The van der Waals surface area contributed by atoms with Crippen molar-refractivity contribution in [3.05, 3.63) is 102 Å². The zero-order valence-electron chi connectivity index (χ0n) is 18.3. The Balaban J connectivity index is 1.26. The van der Waals surface area contributed by atoms with E-state index in [-0.39, 0.29) is 0 Å². The first-order valence-electron chi connectivity index (χ1n) is 10.6. The van der Waals surface area contributed by atoms with Crippen LogP contribution in [0.1, 0.15) is 11.1 Å². The molecule has 4 rings (SSSR count). The van der Waals surface area contributed by atoms with Crippen molar-refractivity contribution < 1.29 is 19.6 Å². The first-order chi connectivity index (χ1) is 15.6. The SMILES string of the molecule is CN(C)c1ccc(C[NH2+]Cc2ccc(OC(=O)Oc3ccc4ccccc4c3)cc2)cc1. The van der Waals surface area contributed by atoms with E-state index in [1.807, 2.05) is 62.6 Å². The van der Waals surface area contributed by atoms with Crippen molar-refractivity contribution in [3.63, 3.8) is 0 Å². The monoisotopic (exact) mass is 427 g/mol. The van der Waals surface area contributed by atoms with Gasteiger partial charge in [-0.3, -0.25) is 0 Å². The van der Waals surface area contributed by atoms with Crippen LogP contribution in [0.5, 0.6) is 11.5 Å². The van der Waals surface area contributed by atoms with Crippen LogP contribution in [0.3, 0.4) is 0 Å². The van der Waals surface area contributed by atoms with Gasteiger partial charge in [0.15, 0.2) is 0 Å². The number of hydrogen-bond acceptors (Lipinski definition) is 4. The van der Waals surface area contributed by atoms with Crippen LogP contribution in [0.2, 0.25) is 0 Å². The third-order valence-corrected chi connectivity index (χ3v) is 5.26. The van der Waals surface area contributed by atoms with E-state index in [0.717, 1.165) is 29.4 Å². The highest BCUT2D eigenvalue weighted by atomic mass is 16.7. The first-order valence-corrected chi connectivity index (χ1v) is 10.6. The molecule has 32 heavy (non-hydrogen) atoms. The number of hydrogen-bond donors (Lipinski definition) is 1. The summed E-state index contributed by atoms with van der Waals surface area (Å²) < 4.78 is 10.6. The van der Waals surface area contributed by atoms with Gasteiger partial charge in [-0.2, -0.15) is 0 Å². The number of rotatable bonds is 7. The summed E-state index contributed by atoms with van der Waals surface area (Å²) in [7, 11) is 4.08. The molecule has 0 atom stereocenters. The summed E-state index contributed by atoms with van der Waals surface area (Å²) in [6.07, 6.45) is -0.749. The molecule has 0 aliphatic carbocycles. The molecule has 0 bridgehead atoms. The normalized spacial score (nSPS) is 10.7. The summed E-state index contributed by atoms with van der Waals surface area (Å²) in [6.45, 7) is 1.75. The molecule has 0 fully saturated rings. The van der Waals surface area contributed by atoms with Crippen molar-refractivity contribution in [2.24, 2.45) is 0 Å². The second-order valence-corrected chi connectivity index (χ2v) is 7.86. The molecule has 0 amide bonds. The molecule has 2 N–H and O–H groups in total. The number of quaternary nitrogens is 1. The molecular weight excluding hydrogens is 400 g/mol. The molecule has 0 saturated carbocycles. The van der Waals surface area contributed by atoms with Crippen LogP contribution in [0, 0.1) is 0 Å². The van der Waals surface area contributed by atoms with Gasteiger partial charge in [0.05, 0.1) is 0 Å². The molecule has 0 unspecified atom stereocenters. The van der Waals surface area contributed by atoms with Gasteiger partial charge in [0.2, 0.25) is 0 Å². The molecule has 0 saturated heterocycles. The van der Waals surface area contributed by atoms with Crippen molar-refractivity contribution in [2.45, 2.75) is 13.1 Å². The Morgan fingerprint density at radius 1 is 0.719 bits per heavy atom. The van der Waals surface area contributed by atoms with E-state index in [9.17, 15) is 4.79 Å². The Kier molecular flexibility index (Phi) is 6.68. The number of fused-ring (bicyclic) bond motifs is 1. The number of anilines is 1. The van der Waals surface area contributed by atoms with E-state index < -0.39 is 6.16 Å². The molecule has 0 spiro atoms. The van der Waals surface area contributed by atoms with Crippen LogP contribution in [-0.2, 0) is 13.1 Å². The van der Waals surface area contributed by atoms with Gasteiger partial charge in [-0.05, 0) is 59.3 Å². The van der Waals surface area contributed by atoms with E-state index in [2.05, 4.69) is 34.5 Å². The fourth-order valence-corrected chi connectivity index (χ4v) is 3.47. The first kappa shape index (κ1) is 21.4. The summed E-state index contributed by atoms with van der Waals surface area (Å²) in [5.74, 6) is 0.914. The zero-order chi connectivity index (χ0) is 22.3.